The van der Waals surface area contributed by atoms with Gasteiger partial charge in [-0.25, -0.2) is 4.98 Å². The monoisotopic (exact) mass is 364 g/mol. The molecule has 0 radical (unpaired) electrons. The molecule has 0 unspecified atom stereocenters. The zero-order chi connectivity index (χ0) is 17.9. The number of benzene rings is 1. The maximum atomic E-state index is 12.4. The zero-order valence-corrected chi connectivity index (χ0v) is 14.6. The second-order valence-corrected chi connectivity index (χ2v) is 6.85. The Kier molecular flexibility index (Phi) is 4.45. The summed E-state index contributed by atoms with van der Waals surface area (Å²) in [5.74, 6) is 0.302. The van der Waals surface area contributed by atoms with Crippen molar-refractivity contribution in [1.29, 1.82) is 0 Å². The minimum Gasteiger partial charge on any atom is -0.360 e. The van der Waals surface area contributed by atoms with E-state index in [4.69, 9.17) is 0 Å². The molecule has 0 saturated carbocycles. The predicted octanol–water partition coefficient (Wildman–Crippen LogP) is 2.70. The summed E-state index contributed by atoms with van der Waals surface area (Å²) in [7, 11) is 0. The molecule has 26 heavy (non-hydrogen) atoms. The van der Waals surface area contributed by atoms with Gasteiger partial charge >= 0.3 is 0 Å². The Hall–Kier alpha value is -3.06. The number of rotatable bonds is 5. The lowest BCUT2D eigenvalue weighted by atomic mass is 10.2. The number of fused-ring (bicyclic) bond motifs is 2. The molecule has 0 aliphatic heterocycles. The first kappa shape index (κ1) is 16.4. The number of hydrogen-bond acceptors (Lipinski definition) is 4. The first-order chi connectivity index (χ1) is 12.7. The number of aromatic amines is 1. The molecule has 0 bridgehead atoms. The van der Waals surface area contributed by atoms with Crippen molar-refractivity contribution in [3.63, 3.8) is 0 Å². The van der Waals surface area contributed by atoms with Gasteiger partial charge in [-0.15, -0.1) is 11.8 Å². The van der Waals surface area contributed by atoms with E-state index in [0.717, 1.165) is 10.4 Å². The summed E-state index contributed by atoms with van der Waals surface area (Å²) >= 11 is 1.66. The number of thioether (sulfide) groups is 1. The van der Waals surface area contributed by atoms with E-state index < -0.39 is 5.91 Å². The van der Waals surface area contributed by atoms with E-state index >= 15 is 0 Å². The standard InChI is InChI=1S/C19H16N4O2S/c24-18(14-11-22-17-7-3-4-9-23(17)19(14)25)20-8-10-26-16-12-21-15-6-2-1-5-13(15)16/h1-7,9,11-12,21H,8,10H2,(H,20,24). The number of carbonyl (C=O) groups excluding carboxylic acids is 1. The SMILES string of the molecule is O=C(NCCSc1c[nH]c2ccccc12)c1cnc2ccccn2c1=O. The third kappa shape index (κ3) is 3.09. The van der Waals surface area contributed by atoms with Crippen LogP contribution < -0.4 is 10.9 Å². The van der Waals surface area contributed by atoms with Crippen molar-refractivity contribution < 1.29 is 4.79 Å². The number of H-pyrrole nitrogens is 1. The molecule has 1 amide bonds. The molecule has 3 heterocycles. The number of para-hydroxylation sites is 1. The van der Waals surface area contributed by atoms with Gasteiger partial charge in [0, 0.05) is 46.7 Å². The Morgan fingerprint density at radius 3 is 2.96 bits per heavy atom. The van der Waals surface area contributed by atoms with Crippen molar-refractivity contribution in [3.05, 3.63) is 77.0 Å². The lowest BCUT2D eigenvalue weighted by Crippen LogP contribution is -2.32. The summed E-state index contributed by atoms with van der Waals surface area (Å²) in [6.45, 7) is 0.458. The lowest BCUT2D eigenvalue weighted by Gasteiger charge is -2.06. The smallest absolute Gasteiger partial charge is 0.270 e. The van der Waals surface area contributed by atoms with Gasteiger partial charge in [0.1, 0.15) is 11.2 Å². The van der Waals surface area contributed by atoms with Gasteiger partial charge in [0.05, 0.1) is 0 Å². The summed E-state index contributed by atoms with van der Waals surface area (Å²) in [5.41, 5.74) is 1.29. The molecule has 0 fully saturated rings. The molecular weight excluding hydrogens is 348 g/mol. The Labute approximate surface area is 153 Å². The highest BCUT2D eigenvalue weighted by atomic mass is 32.2. The van der Waals surface area contributed by atoms with Crippen LogP contribution in [0.4, 0.5) is 0 Å². The molecular formula is C19H16N4O2S. The van der Waals surface area contributed by atoms with Crippen LogP contribution >= 0.6 is 11.8 Å². The summed E-state index contributed by atoms with van der Waals surface area (Å²) < 4.78 is 1.37. The number of nitrogens with zero attached hydrogens (tertiary/aromatic N) is 2. The van der Waals surface area contributed by atoms with Crippen LogP contribution in [0.1, 0.15) is 10.4 Å². The van der Waals surface area contributed by atoms with Crippen LogP contribution in [0.3, 0.4) is 0 Å². The van der Waals surface area contributed by atoms with Crippen molar-refractivity contribution in [2.45, 2.75) is 4.90 Å². The molecule has 0 spiro atoms. The molecule has 4 rings (SSSR count). The summed E-state index contributed by atoms with van der Waals surface area (Å²) in [4.78, 5) is 33.2. The number of aromatic nitrogens is 3. The van der Waals surface area contributed by atoms with E-state index in [1.54, 1.807) is 36.2 Å². The van der Waals surface area contributed by atoms with Crippen molar-refractivity contribution in [2.75, 3.05) is 12.3 Å². The van der Waals surface area contributed by atoms with Crippen molar-refractivity contribution >= 4 is 34.2 Å². The van der Waals surface area contributed by atoms with Gasteiger partial charge in [-0.1, -0.05) is 24.3 Å². The van der Waals surface area contributed by atoms with E-state index in [1.807, 2.05) is 24.4 Å². The van der Waals surface area contributed by atoms with Crippen LogP contribution in [-0.2, 0) is 0 Å². The van der Waals surface area contributed by atoms with Crippen molar-refractivity contribution in [1.82, 2.24) is 19.7 Å². The molecule has 1 aromatic carbocycles. The minimum atomic E-state index is -0.403. The summed E-state index contributed by atoms with van der Waals surface area (Å²) in [6.07, 6.45) is 4.91. The van der Waals surface area contributed by atoms with Crippen LogP contribution in [0.5, 0.6) is 0 Å². The van der Waals surface area contributed by atoms with Gasteiger partial charge in [-0.2, -0.15) is 0 Å². The van der Waals surface area contributed by atoms with Gasteiger partial charge in [0.25, 0.3) is 11.5 Å². The summed E-state index contributed by atoms with van der Waals surface area (Å²) in [6, 6.07) is 13.3. The Morgan fingerprint density at radius 1 is 1.19 bits per heavy atom. The first-order valence-electron chi connectivity index (χ1n) is 8.17. The summed E-state index contributed by atoms with van der Waals surface area (Å²) in [5, 5.41) is 3.96. The number of pyridine rings is 1. The van der Waals surface area contributed by atoms with Gasteiger partial charge in [-0.05, 0) is 18.2 Å². The fraction of sp³-hybridized carbons (Fsp3) is 0.105. The molecule has 7 heteroatoms. The first-order valence-corrected chi connectivity index (χ1v) is 9.16. The largest absolute Gasteiger partial charge is 0.360 e. The highest BCUT2D eigenvalue weighted by Gasteiger charge is 2.12. The van der Waals surface area contributed by atoms with E-state index in [0.29, 0.717) is 17.9 Å². The Morgan fingerprint density at radius 2 is 2.04 bits per heavy atom. The molecule has 0 aliphatic carbocycles. The third-order valence-electron chi connectivity index (χ3n) is 4.05. The molecule has 4 aromatic rings. The predicted molar refractivity (Wildman–Crippen MR) is 103 cm³/mol. The van der Waals surface area contributed by atoms with Crippen molar-refractivity contribution in [2.24, 2.45) is 0 Å². The molecule has 0 aliphatic rings. The van der Waals surface area contributed by atoms with Gasteiger partial charge in [0.15, 0.2) is 0 Å². The fourth-order valence-corrected chi connectivity index (χ4v) is 3.67. The van der Waals surface area contributed by atoms with Crippen molar-refractivity contribution in [3.8, 4) is 0 Å². The maximum absolute atomic E-state index is 12.4. The van der Waals surface area contributed by atoms with Gasteiger partial charge in [-0.3, -0.25) is 14.0 Å². The van der Waals surface area contributed by atoms with Crippen LogP contribution in [0.25, 0.3) is 16.6 Å². The quantitative estimate of drug-likeness (QED) is 0.422. The number of carbonyl (C=O) groups is 1. The van der Waals surface area contributed by atoms with E-state index in [2.05, 4.69) is 21.4 Å². The second-order valence-electron chi connectivity index (χ2n) is 5.71. The normalized spacial score (nSPS) is 11.1. The van der Waals surface area contributed by atoms with Gasteiger partial charge in [0.2, 0.25) is 0 Å². The third-order valence-corrected chi connectivity index (χ3v) is 5.11. The Balaban J connectivity index is 1.40. The van der Waals surface area contributed by atoms with E-state index in [9.17, 15) is 9.59 Å². The fourth-order valence-electron chi connectivity index (χ4n) is 2.77. The molecule has 0 saturated heterocycles. The lowest BCUT2D eigenvalue weighted by molar-refractivity contribution is 0.0954. The highest BCUT2D eigenvalue weighted by Crippen LogP contribution is 2.27. The minimum absolute atomic E-state index is 0.0470. The molecule has 2 N–H and O–H groups in total. The second kappa shape index (κ2) is 7.05. The topological polar surface area (TPSA) is 79.3 Å². The Bertz CT molecular complexity index is 1150. The van der Waals surface area contributed by atoms with Crippen LogP contribution in [0.15, 0.2) is 70.7 Å². The number of hydrogen-bond donors (Lipinski definition) is 2. The van der Waals surface area contributed by atoms with Gasteiger partial charge < -0.3 is 10.3 Å². The van der Waals surface area contributed by atoms with E-state index in [-0.39, 0.29) is 11.1 Å². The molecule has 130 valence electrons. The highest BCUT2D eigenvalue weighted by molar-refractivity contribution is 7.99. The average molecular weight is 364 g/mol. The zero-order valence-electron chi connectivity index (χ0n) is 13.8. The van der Waals surface area contributed by atoms with Crippen LogP contribution in [-0.4, -0.2) is 32.6 Å². The maximum Gasteiger partial charge on any atom is 0.270 e. The van der Waals surface area contributed by atoms with Crippen LogP contribution in [0.2, 0.25) is 0 Å². The molecule has 6 nitrogen and oxygen atoms in total. The average Bonchev–Trinajstić information content (AvgIpc) is 3.09. The number of nitrogens with one attached hydrogen (secondary N) is 2. The number of amides is 1. The van der Waals surface area contributed by atoms with E-state index in [1.165, 1.54) is 16.0 Å². The van der Waals surface area contributed by atoms with Crippen LogP contribution in [0, 0.1) is 0 Å². The molecule has 3 aromatic heterocycles. The molecule has 0 atom stereocenters.